The molecule has 4 heteroatoms. The van der Waals surface area contributed by atoms with Crippen molar-refractivity contribution >= 4 is 11.6 Å². The van der Waals surface area contributed by atoms with E-state index in [0.717, 1.165) is 22.3 Å². The van der Waals surface area contributed by atoms with Gasteiger partial charge in [0.15, 0.2) is 22.8 Å². The normalized spacial score (nSPS) is 23.4. The van der Waals surface area contributed by atoms with Crippen molar-refractivity contribution in [3.05, 3.63) is 46.6 Å². The number of rotatable bonds is 4. The van der Waals surface area contributed by atoms with Crippen LogP contribution in [0.25, 0.3) is 0 Å². The van der Waals surface area contributed by atoms with Gasteiger partial charge in [-0.2, -0.15) is 0 Å². The molecule has 0 saturated carbocycles. The second kappa shape index (κ2) is 6.93. The van der Waals surface area contributed by atoms with Gasteiger partial charge in [0.1, 0.15) is 0 Å². The van der Waals surface area contributed by atoms with Crippen LogP contribution in [0.4, 0.5) is 0 Å². The molecule has 1 heterocycles. The molecule has 0 aromatic carbocycles. The zero-order chi connectivity index (χ0) is 21.0. The molecular weight excluding hydrogens is 352 g/mol. The number of hydrogen-bond donors (Lipinski definition) is 0. The van der Waals surface area contributed by atoms with Crippen LogP contribution in [-0.4, -0.2) is 22.8 Å². The Hall–Kier alpha value is -1.78. The third-order valence-electron chi connectivity index (χ3n) is 5.94. The molecule has 1 aliphatic heterocycles. The summed E-state index contributed by atoms with van der Waals surface area (Å²) in [6, 6.07) is 0. The molecule has 4 nitrogen and oxygen atoms in total. The van der Waals surface area contributed by atoms with E-state index >= 15 is 0 Å². The van der Waals surface area contributed by atoms with Crippen LogP contribution < -0.4 is 0 Å². The van der Waals surface area contributed by atoms with E-state index in [9.17, 15) is 9.59 Å². The van der Waals surface area contributed by atoms with Gasteiger partial charge in [0.2, 0.25) is 0 Å². The maximum absolute atomic E-state index is 13.0. The first-order valence-corrected chi connectivity index (χ1v) is 10.3. The highest BCUT2D eigenvalue weighted by molar-refractivity contribution is 6.11. The first-order chi connectivity index (χ1) is 12.9. The highest BCUT2D eigenvalue weighted by Crippen LogP contribution is 2.52. The molecule has 3 aliphatic rings. The molecule has 0 N–H and O–H groups in total. The Labute approximate surface area is 168 Å². The number of ketones is 2. The average Bonchev–Trinajstić information content (AvgIpc) is 2.60. The van der Waals surface area contributed by atoms with Gasteiger partial charge in [-0.1, -0.05) is 55.4 Å². The number of Topliss-reactive ketones (excluding diaryl/α,β-unsaturated/α-hetero) is 2. The Morgan fingerprint density at radius 3 is 0.893 bits per heavy atom. The summed E-state index contributed by atoms with van der Waals surface area (Å²) in [6.45, 7) is 16.1. The lowest BCUT2D eigenvalue weighted by molar-refractivity contribution is -0.498. The molecule has 28 heavy (non-hydrogen) atoms. The minimum Gasteiger partial charge on any atom is -0.289 e. The Kier molecular flexibility index (Phi) is 5.18. The zero-order valence-electron chi connectivity index (χ0n) is 18.3. The first-order valence-electron chi connectivity index (χ1n) is 10.3. The van der Waals surface area contributed by atoms with Gasteiger partial charge in [-0.25, -0.2) is 9.78 Å². The largest absolute Gasteiger partial charge is 0.289 e. The second-order valence-corrected chi connectivity index (χ2v) is 9.43. The molecule has 1 saturated heterocycles. The summed E-state index contributed by atoms with van der Waals surface area (Å²) in [5.41, 5.74) is 1.16. The van der Waals surface area contributed by atoms with Crippen molar-refractivity contribution in [3.8, 4) is 0 Å². The van der Waals surface area contributed by atoms with Crippen molar-refractivity contribution in [2.75, 3.05) is 0 Å². The average molecular weight is 385 g/mol. The van der Waals surface area contributed by atoms with Gasteiger partial charge in [0.25, 0.3) is 0 Å². The lowest BCUT2D eigenvalue weighted by atomic mass is 9.66. The van der Waals surface area contributed by atoms with E-state index in [1.165, 1.54) is 0 Å². The van der Waals surface area contributed by atoms with Crippen molar-refractivity contribution in [2.45, 2.75) is 66.6 Å². The highest BCUT2D eigenvalue weighted by Gasteiger charge is 2.63. The maximum atomic E-state index is 13.0. The van der Waals surface area contributed by atoms with Crippen LogP contribution in [-0.2, 0) is 19.4 Å². The number of fused-ring (bicyclic) bond motifs is 1. The van der Waals surface area contributed by atoms with Crippen LogP contribution in [0.3, 0.4) is 0 Å². The summed E-state index contributed by atoms with van der Waals surface area (Å²) < 4.78 is 0. The Morgan fingerprint density at radius 1 is 0.536 bits per heavy atom. The van der Waals surface area contributed by atoms with Crippen LogP contribution in [0.2, 0.25) is 0 Å². The third kappa shape index (κ3) is 2.98. The van der Waals surface area contributed by atoms with E-state index in [2.05, 4.69) is 0 Å². The molecule has 0 unspecified atom stereocenters. The summed E-state index contributed by atoms with van der Waals surface area (Å²) in [7, 11) is 0. The van der Waals surface area contributed by atoms with Crippen molar-refractivity contribution in [1.82, 2.24) is 0 Å². The fourth-order valence-corrected chi connectivity index (χ4v) is 4.10. The van der Waals surface area contributed by atoms with E-state index in [1.807, 2.05) is 79.7 Å². The maximum Gasteiger partial charge on any atom is 0.185 e. The van der Waals surface area contributed by atoms with E-state index in [1.54, 1.807) is 0 Å². The minimum atomic E-state index is -0.902. The fraction of sp³-hybridized carbons (Fsp3) is 0.583. The molecule has 3 rings (SSSR count). The van der Waals surface area contributed by atoms with Gasteiger partial charge < -0.3 is 0 Å². The molecular formula is C24H32O4. The van der Waals surface area contributed by atoms with Crippen LogP contribution in [0.15, 0.2) is 46.6 Å². The third-order valence-corrected chi connectivity index (χ3v) is 5.94. The standard InChI is InChI=1S/C24H32O4/c1-13(2)17-9-23(10-18(14(3)4)21(17)25)24(28-27-23)11-19(15(5)6)22(26)20(12-24)16(7)8/h9-16H,1-8H3. The molecule has 0 atom stereocenters. The van der Waals surface area contributed by atoms with Gasteiger partial charge >= 0.3 is 0 Å². The smallest absolute Gasteiger partial charge is 0.185 e. The lowest BCUT2D eigenvalue weighted by Gasteiger charge is -2.54. The number of hydrogen-bond acceptors (Lipinski definition) is 4. The number of carbonyl (C=O) groups excluding carboxylic acids is 2. The van der Waals surface area contributed by atoms with Crippen molar-refractivity contribution < 1.29 is 19.4 Å². The van der Waals surface area contributed by atoms with Gasteiger partial charge in [-0.15, -0.1) is 0 Å². The van der Waals surface area contributed by atoms with Gasteiger partial charge in [-0.05, 0) is 48.0 Å². The van der Waals surface area contributed by atoms with E-state index in [-0.39, 0.29) is 35.2 Å². The van der Waals surface area contributed by atoms with Gasteiger partial charge in [-0.3, -0.25) is 9.59 Å². The zero-order valence-corrected chi connectivity index (χ0v) is 18.3. The molecule has 152 valence electrons. The topological polar surface area (TPSA) is 52.6 Å². The fourth-order valence-electron chi connectivity index (χ4n) is 4.10. The molecule has 0 aromatic heterocycles. The predicted molar refractivity (Wildman–Crippen MR) is 109 cm³/mol. The minimum absolute atomic E-state index is 0.0698. The molecule has 0 radical (unpaired) electrons. The summed E-state index contributed by atoms with van der Waals surface area (Å²) in [5.74, 6) is 0.435. The predicted octanol–water partition coefficient (Wildman–Crippen LogP) is 4.92. The molecule has 0 aromatic rings. The Morgan fingerprint density at radius 2 is 0.750 bits per heavy atom. The Bertz CT molecular complexity index is 705. The lowest BCUT2D eigenvalue weighted by Crippen LogP contribution is -2.65. The van der Waals surface area contributed by atoms with Crippen LogP contribution in [0.1, 0.15) is 55.4 Å². The second-order valence-electron chi connectivity index (χ2n) is 9.43. The Balaban J connectivity index is 2.24. The summed E-state index contributed by atoms with van der Waals surface area (Å²) in [4.78, 5) is 37.5. The molecule has 2 spiro atoms. The monoisotopic (exact) mass is 384 g/mol. The van der Waals surface area contributed by atoms with E-state index in [4.69, 9.17) is 9.78 Å². The van der Waals surface area contributed by atoms with Crippen molar-refractivity contribution in [2.24, 2.45) is 23.7 Å². The van der Waals surface area contributed by atoms with Crippen LogP contribution in [0, 0.1) is 23.7 Å². The van der Waals surface area contributed by atoms with E-state index in [0.29, 0.717) is 0 Å². The highest BCUT2D eigenvalue weighted by atomic mass is 17.3. The van der Waals surface area contributed by atoms with Gasteiger partial charge in [0, 0.05) is 22.3 Å². The quantitative estimate of drug-likeness (QED) is 0.646. The van der Waals surface area contributed by atoms with Crippen molar-refractivity contribution in [1.29, 1.82) is 0 Å². The summed E-state index contributed by atoms with van der Waals surface area (Å²) in [6.07, 6.45) is 7.64. The van der Waals surface area contributed by atoms with Crippen LogP contribution >= 0.6 is 0 Å². The van der Waals surface area contributed by atoms with Crippen molar-refractivity contribution in [3.63, 3.8) is 0 Å². The van der Waals surface area contributed by atoms with Gasteiger partial charge in [0.05, 0.1) is 0 Å². The number of allylic oxidation sites excluding steroid dienone is 4. The van der Waals surface area contributed by atoms with Crippen LogP contribution in [0.5, 0.6) is 0 Å². The molecule has 0 amide bonds. The molecule has 2 aliphatic carbocycles. The molecule has 0 bridgehead atoms. The van der Waals surface area contributed by atoms with E-state index < -0.39 is 11.2 Å². The number of carbonyl (C=O) groups is 2. The summed E-state index contributed by atoms with van der Waals surface area (Å²) in [5, 5.41) is 0. The molecule has 1 fully saturated rings. The SMILES string of the molecule is CC(C)C1=CC2(C=C(C(C)C)C1=O)OOC21C=C(C(C)C)C(=O)C(C(C)C)=C1. The summed E-state index contributed by atoms with van der Waals surface area (Å²) >= 11 is 0. The first kappa shape index (κ1) is 20.9.